The van der Waals surface area contributed by atoms with E-state index >= 15 is 0 Å². The van der Waals surface area contributed by atoms with Crippen molar-refractivity contribution in [3.05, 3.63) is 59.7 Å². The molecule has 2 aromatic carbocycles. The van der Waals surface area contributed by atoms with Crippen molar-refractivity contribution in [1.82, 2.24) is 0 Å². The number of carbonyl (C=O) groups is 1. The number of rotatable bonds is 5. The predicted molar refractivity (Wildman–Crippen MR) is 86.7 cm³/mol. The van der Waals surface area contributed by atoms with Gasteiger partial charge in [0.1, 0.15) is 11.5 Å². The van der Waals surface area contributed by atoms with Crippen LogP contribution in [0.3, 0.4) is 0 Å². The highest BCUT2D eigenvalue weighted by atomic mass is 16.5. The van der Waals surface area contributed by atoms with Crippen LogP contribution in [0.1, 0.15) is 29.3 Å². The Morgan fingerprint density at radius 2 is 1.77 bits per heavy atom. The number of hydrogen-bond donors (Lipinski definition) is 3. The summed E-state index contributed by atoms with van der Waals surface area (Å²) >= 11 is 0. The second-order valence-corrected chi connectivity index (χ2v) is 4.54. The normalized spacial score (nSPS) is 9.55. The number of primary amides is 1. The second kappa shape index (κ2) is 9.41. The maximum atomic E-state index is 10.5. The Morgan fingerprint density at radius 3 is 2.32 bits per heavy atom. The molecule has 118 valence electrons. The quantitative estimate of drug-likeness (QED) is 0.790. The summed E-state index contributed by atoms with van der Waals surface area (Å²) in [6.07, 6.45) is 1.03. The molecule has 1 amide bonds. The van der Waals surface area contributed by atoms with E-state index in [1.54, 1.807) is 12.1 Å². The van der Waals surface area contributed by atoms with Crippen LogP contribution in [0.15, 0.2) is 48.5 Å². The number of aromatic hydroxyl groups is 1. The summed E-state index contributed by atoms with van der Waals surface area (Å²) in [5, 5.41) is 8.98. The number of hydrogen-bond acceptors (Lipinski definition) is 4. The minimum atomic E-state index is -0.613. The van der Waals surface area contributed by atoms with Crippen LogP contribution < -0.4 is 16.2 Å². The number of nitrogens with two attached hydrogens (primary N) is 2. The molecule has 0 aromatic heterocycles. The van der Waals surface area contributed by atoms with Gasteiger partial charge in [-0.1, -0.05) is 37.3 Å². The Morgan fingerprint density at radius 1 is 1.14 bits per heavy atom. The molecule has 2 aromatic rings. The molecule has 5 N–H and O–H groups in total. The minimum absolute atomic E-state index is 0.0741. The van der Waals surface area contributed by atoms with E-state index < -0.39 is 5.91 Å². The van der Waals surface area contributed by atoms with E-state index in [1.807, 2.05) is 24.3 Å². The lowest BCUT2D eigenvalue weighted by atomic mass is 10.2. The Hall–Kier alpha value is -2.53. The van der Waals surface area contributed by atoms with Gasteiger partial charge in [-0.2, -0.15) is 0 Å². The second-order valence-electron chi connectivity index (χ2n) is 4.54. The molecule has 0 spiro atoms. The SMILES string of the molecule is CCCOc1ccccc1CN.NC(=O)c1ccccc1O. The first-order valence-corrected chi connectivity index (χ1v) is 7.08. The standard InChI is InChI=1S/C10H15NO.C7H7NO2/c1-2-7-12-10-6-4-3-5-9(10)8-11;8-7(10)5-3-1-2-4-6(5)9/h3-6H,2,7-8,11H2,1H3;1-4,9H,(H2,8,10). The zero-order chi connectivity index (χ0) is 16.4. The van der Waals surface area contributed by atoms with Crippen LogP contribution in [0.4, 0.5) is 0 Å². The van der Waals surface area contributed by atoms with Crippen molar-refractivity contribution in [2.24, 2.45) is 11.5 Å². The van der Waals surface area contributed by atoms with Crippen molar-refractivity contribution >= 4 is 5.91 Å². The molecular formula is C17H22N2O3. The molecule has 0 aliphatic heterocycles. The third-order valence-electron chi connectivity index (χ3n) is 2.82. The van der Waals surface area contributed by atoms with Crippen molar-refractivity contribution in [3.8, 4) is 11.5 Å². The average molecular weight is 302 g/mol. The number of phenols is 1. The summed E-state index contributed by atoms with van der Waals surface area (Å²) in [6, 6.07) is 14.0. The molecule has 5 heteroatoms. The Kier molecular flexibility index (Phi) is 7.50. The Labute approximate surface area is 130 Å². The number of ether oxygens (including phenoxy) is 1. The van der Waals surface area contributed by atoms with Gasteiger partial charge in [0.2, 0.25) is 0 Å². The Bertz CT molecular complexity index is 600. The Balaban J connectivity index is 0.000000224. The van der Waals surface area contributed by atoms with Gasteiger partial charge in [0, 0.05) is 12.1 Å². The number of amides is 1. The highest BCUT2D eigenvalue weighted by molar-refractivity contribution is 5.95. The van der Waals surface area contributed by atoms with Gasteiger partial charge in [-0.15, -0.1) is 0 Å². The first-order chi connectivity index (χ1) is 10.6. The van der Waals surface area contributed by atoms with E-state index in [1.165, 1.54) is 12.1 Å². The van der Waals surface area contributed by atoms with E-state index in [-0.39, 0.29) is 11.3 Å². The van der Waals surface area contributed by atoms with E-state index in [9.17, 15) is 4.79 Å². The average Bonchev–Trinajstić information content (AvgIpc) is 2.54. The summed E-state index contributed by atoms with van der Waals surface area (Å²) in [5.74, 6) is 0.231. The van der Waals surface area contributed by atoms with Crippen LogP contribution >= 0.6 is 0 Å². The van der Waals surface area contributed by atoms with Crippen LogP contribution in [0.25, 0.3) is 0 Å². The van der Waals surface area contributed by atoms with Gasteiger partial charge in [0.25, 0.3) is 5.91 Å². The molecule has 2 rings (SSSR count). The van der Waals surface area contributed by atoms with Crippen LogP contribution in [-0.4, -0.2) is 17.6 Å². The van der Waals surface area contributed by atoms with Crippen molar-refractivity contribution in [2.75, 3.05) is 6.61 Å². The lowest BCUT2D eigenvalue weighted by molar-refractivity contribution is 0.0998. The van der Waals surface area contributed by atoms with Gasteiger partial charge >= 0.3 is 0 Å². The third-order valence-corrected chi connectivity index (χ3v) is 2.82. The molecule has 0 saturated heterocycles. The van der Waals surface area contributed by atoms with Gasteiger partial charge in [-0.25, -0.2) is 0 Å². The maximum Gasteiger partial charge on any atom is 0.252 e. The molecule has 0 aliphatic rings. The molecular weight excluding hydrogens is 280 g/mol. The van der Waals surface area contributed by atoms with Gasteiger partial charge in [-0.05, 0) is 24.6 Å². The molecule has 0 fully saturated rings. The summed E-state index contributed by atoms with van der Waals surface area (Å²) in [7, 11) is 0. The van der Waals surface area contributed by atoms with Gasteiger partial charge in [0.15, 0.2) is 0 Å². The van der Waals surface area contributed by atoms with Crippen LogP contribution in [0.5, 0.6) is 11.5 Å². The van der Waals surface area contributed by atoms with Crippen LogP contribution in [-0.2, 0) is 6.54 Å². The van der Waals surface area contributed by atoms with Crippen LogP contribution in [0, 0.1) is 0 Å². The van der Waals surface area contributed by atoms with E-state index in [4.69, 9.17) is 21.3 Å². The molecule has 22 heavy (non-hydrogen) atoms. The highest BCUT2D eigenvalue weighted by Gasteiger charge is 2.03. The molecule has 0 radical (unpaired) electrons. The number of benzene rings is 2. The molecule has 0 atom stereocenters. The topological polar surface area (TPSA) is 98.6 Å². The molecule has 0 unspecified atom stereocenters. The lowest BCUT2D eigenvalue weighted by Gasteiger charge is -2.08. The third kappa shape index (κ3) is 5.46. The highest BCUT2D eigenvalue weighted by Crippen LogP contribution is 2.17. The fourth-order valence-corrected chi connectivity index (χ4v) is 1.71. The first kappa shape index (κ1) is 17.5. The van der Waals surface area contributed by atoms with E-state index in [0.29, 0.717) is 6.54 Å². The van der Waals surface area contributed by atoms with Crippen molar-refractivity contribution < 1.29 is 14.6 Å². The van der Waals surface area contributed by atoms with Gasteiger partial charge in [-0.3, -0.25) is 4.79 Å². The molecule has 0 heterocycles. The fourth-order valence-electron chi connectivity index (χ4n) is 1.71. The van der Waals surface area contributed by atoms with Crippen molar-refractivity contribution in [3.63, 3.8) is 0 Å². The van der Waals surface area contributed by atoms with Crippen LogP contribution in [0.2, 0.25) is 0 Å². The zero-order valence-electron chi connectivity index (χ0n) is 12.7. The first-order valence-electron chi connectivity index (χ1n) is 7.08. The predicted octanol–water partition coefficient (Wildman–Crippen LogP) is 2.43. The largest absolute Gasteiger partial charge is 0.507 e. The number of carbonyl (C=O) groups excluding carboxylic acids is 1. The van der Waals surface area contributed by atoms with Crippen molar-refractivity contribution in [1.29, 1.82) is 0 Å². The van der Waals surface area contributed by atoms with Gasteiger partial charge in [0.05, 0.1) is 12.2 Å². The molecule has 5 nitrogen and oxygen atoms in total. The summed E-state index contributed by atoms with van der Waals surface area (Å²) in [4.78, 5) is 10.5. The van der Waals surface area contributed by atoms with Gasteiger partial charge < -0.3 is 21.3 Å². The minimum Gasteiger partial charge on any atom is -0.507 e. The molecule has 0 saturated carbocycles. The summed E-state index contributed by atoms with van der Waals surface area (Å²) in [6.45, 7) is 3.39. The number of para-hydroxylation sites is 2. The zero-order valence-corrected chi connectivity index (χ0v) is 12.7. The maximum absolute atomic E-state index is 10.5. The molecule has 0 bridgehead atoms. The fraction of sp³-hybridized carbons (Fsp3) is 0.235. The smallest absolute Gasteiger partial charge is 0.252 e. The summed E-state index contributed by atoms with van der Waals surface area (Å²) in [5.41, 5.74) is 11.7. The van der Waals surface area contributed by atoms with Crippen molar-refractivity contribution in [2.45, 2.75) is 19.9 Å². The monoisotopic (exact) mass is 302 g/mol. The summed E-state index contributed by atoms with van der Waals surface area (Å²) < 4.78 is 5.50. The lowest BCUT2D eigenvalue weighted by Crippen LogP contribution is -2.10. The van der Waals surface area contributed by atoms with E-state index in [0.717, 1.165) is 24.3 Å². The molecule has 0 aliphatic carbocycles. The van der Waals surface area contributed by atoms with E-state index in [2.05, 4.69) is 6.92 Å².